The lowest BCUT2D eigenvalue weighted by atomic mass is 10.1. The molecule has 0 spiro atoms. The van der Waals surface area contributed by atoms with Crippen molar-refractivity contribution in [2.45, 2.75) is 25.3 Å². The van der Waals surface area contributed by atoms with E-state index in [0.29, 0.717) is 6.42 Å². The Balaban J connectivity index is 2.47. The van der Waals surface area contributed by atoms with Crippen LogP contribution in [-0.2, 0) is 9.53 Å². The van der Waals surface area contributed by atoms with Gasteiger partial charge in [-0.1, -0.05) is 0 Å². The fraction of sp³-hybridized carbons (Fsp3) is 0.727. The number of nitrogens with zero attached hydrogens (tertiary/aromatic N) is 1. The van der Waals surface area contributed by atoms with Crippen molar-refractivity contribution < 1.29 is 9.53 Å². The van der Waals surface area contributed by atoms with E-state index in [1.54, 1.807) is 25.4 Å². The Morgan fingerprint density at radius 1 is 1.65 bits per heavy atom. The molecule has 98 valence electrons. The first-order valence-corrected chi connectivity index (χ1v) is 5.89. The van der Waals surface area contributed by atoms with Crippen LogP contribution in [0, 0.1) is 0 Å². The van der Waals surface area contributed by atoms with Crippen LogP contribution in [0.2, 0.25) is 0 Å². The molecular weight excluding hydrogens is 220 g/mol. The molecule has 1 atom stereocenters. The molecule has 0 bridgehead atoms. The van der Waals surface area contributed by atoms with Crippen LogP contribution >= 0.6 is 0 Å². The molecule has 1 aliphatic heterocycles. The number of amides is 1. The molecule has 17 heavy (non-hydrogen) atoms. The predicted molar refractivity (Wildman–Crippen MR) is 65.7 cm³/mol. The fourth-order valence-corrected chi connectivity index (χ4v) is 1.75. The predicted octanol–water partition coefficient (Wildman–Crippen LogP) is -0.462. The van der Waals surface area contributed by atoms with E-state index in [4.69, 9.17) is 10.5 Å². The van der Waals surface area contributed by atoms with Crippen LogP contribution in [0.4, 0.5) is 0 Å². The number of methoxy groups -OCH3 is 1. The zero-order valence-corrected chi connectivity index (χ0v) is 10.5. The number of rotatable bonds is 5. The van der Waals surface area contributed by atoms with E-state index in [-0.39, 0.29) is 5.91 Å². The molecule has 6 heteroatoms. The second kappa shape index (κ2) is 7.13. The Morgan fingerprint density at radius 3 is 2.94 bits per heavy atom. The van der Waals surface area contributed by atoms with E-state index in [9.17, 15) is 4.79 Å². The second-order valence-electron chi connectivity index (χ2n) is 4.04. The van der Waals surface area contributed by atoms with Crippen molar-refractivity contribution in [3.63, 3.8) is 0 Å². The number of hydrogen-bond donors (Lipinski definition) is 3. The molecule has 0 aromatic heterocycles. The van der Waals surface area contributed by atoms with Crippen LogP contribution in [0.3, 0.4) is 0 Å². The Hall–Kier alpha value is -1.27. The van der Waals surface area contributed by atoms with Crippen molar-refractivity contribution in [2.75, 3.05) is 27.2 Å². The van der Waals surface area contributed by atoms with Gasteiger partial charge in [0.25, 0.3) is 5.91 Å². The monoisotopic (exact) mass is 242 g/mol. The quantitative estimate of drug-likeness (QED) is 0.568. The van der Waals surface area contributed by atoms with Gasteiger partial charge in [0.1, 0.15) is 6.26 Å². The van der Waals surface area contributed by atoms with E-state index in [1.165, 1.54) is 0 Å². The molecule has 4 N–H and O–H groups in total. The third kappa shape index (κ3) is 4.24. The van der Waals surface area contributed by atoms with E-state index in [1.807, 2.05) is 0 Å². The molecule has 1 aliphatic rings. The number of nitrogens with two attached hydrogens (primary N) is 1. The molecule has 1 rings (SSSR count). The Morgan fingerprint density at radius 2 is 2.41 bits per heavy atom. The standard InChI is InChI=1S/C11H22N4O2/c1-13-9(8-17-2)7-10(12)11(16)15-6-4-3-5-14-15/h8,10,13-14H,3-7,12H2,1-2H3/b9-8-/t10-/m0/s1. The van der Waals surface area contributed by atoms with Crippen LogP contribution < -0.4 is 16.5 Å². The third-order valence-electron chi connectivity index (χ3n) is 2.72. The summed E-state index contributed by atoms with van der Waals surface area (Å²) in [5, 5.41) is 4.58. The minimum Gasteiger partial charge on any atom is -0.503 e. The molecule has 0 aromatic rings. The molecule has 6 nitrogen and oxygen atoms in total. The van der Waals surface area contributed by atoms with E-state index in [2.05, 4.69) is 10.7 Å². The SMILES string of the molecule is CN/C(=C\OC)C[C@H](N)C(=O)N1CCCCN1. The summed E-state index contributed by atoms with van der Waals surface area (Å²) in [6.45, 7) is 1.57. The molecule has 1 fully saturated rings. The third-order valence-corrected chi connectivity index (χ3v) is 2.72. The maximum Gasteiger partial charge on any atom is 0.253 e. The van der Waals surface area contributed by atoms with Crippen LogP contribution in [0.1, 0.15) is 19.3 Å². The zero-order chi connectivity index (χ0) is 12.7. The lowest BCUT2D eigenvalue weighted by molar-refractivity contribution is -0.136. The van der Waals surface area contributed by atoms with Crippen molar-refractivity contribution in [2.24, 2.45) is 5.73 Å². The van der Waals surface area contributed by atoms with Gasteiger partial charge in [-0.2, -0.15) is 0 Å². The van der Waals surface area contributed by atoms with Gasteiger partial charge in [-0.25, -0.2) is 5.43 Å². The van der Waals surface area contributed by atoms with Gasteiger partial charge in [-0.15, -0.1) is 0 Å². The summed E-state index contributed by atoms with van der Waals surface area (Å²) < 4.78 is 4.90. The van der Waals surface area contributed by atoms with E-state index < -0.39 is 6.04 Å². The number of carbonyl (C=O) groups excluding carboxylic acids is 1. The highest BCUT2D eigenvalue weighted by molar-refractivity contribution is 5.81. The minimum atomic E-state index is -0.547. The average molecular weight is 242 g/mol. The van der Waals surface area contributed by atoms with Gasteiger partial charge in [-0.05, 0) is 12.8 Å². The van der Waals surface area contributed by atoms with Gasteiger partial charge in [0.15, 0.2) is 0 Å². The van der Waals surface area contributed by atoms with Crippen LogP contribution in [0.25, 0.3) is 0 Å². The number of hydrogen-bond acceptors (Lipinski definition) is 5. The first-order valence-electron chi connectivity index (χ1n) is 5.89. The van der Waals surface area contributed by atoms with Crippen molar-refractivity contribution in [1.82, 2.24) is 15.8 Å². The fourth-order valence-electron chi connectivity index (χ4n) is 1.75. The first kappa shape index (κ1) is 13.8. The number of ether oxygens (including phenoxy) is 1. The Bertz CT molecular complexity index is 275. The summed E-state index contributed by atoms with van der Waals surface area (Å²) in [4.78, 5) is 12.0. The maximum absolute atomic E-state index is 12.0. The highest BCUT2D eigenvalue weighted by Crippen LogP contribution is 2.06. The van der Waals surface area contributed by atoms with Gasteiger partial charge in [0, 0.05) is 32.3 Å². The lowest BCUT2D eigenvalue weighted by Gasteiger charge is -2.30. The molecule has 0 saturated carbocycles. The zero-order valence-electron chi connectivity index (χ0n) is 10.5. The summed E-state index contributed by atoms with van der Waals surface area (Å²) in [5.74, 6) is -0.0676. The molecule has 1 saturated heterocycles. The Kier molecular flexibility index (Phi) is 5.79. The lowest BCUT2D eigenvalue weighted by Crippen LogP contribution is -2.53. The summed E-state index contributed by atoms with van der Waals surface area (Å²) >= 11 is 0. The number of hydrazine groups is 1. The first-order chi connectivity index (χ1) is 8.19. The molecule has 0 aliphatic carbocycles. The number of nitrogens with one attached hydrogen (secondary N) is 2. The summed E-state index contributed by atoms with van der Waals surface area (Å²) in [7, 11) is 3.35. The van der Waals surface area contributed by atoms with Crippen molar-refractivity contribution in [3.05, 3.63) is 12.0 Å². The van der Waals surface area contributed by atoms with Crippen molar-refractivity contribution in [3.8, 4) is 0 Å². The van der Waals surface area contributed by atoms with Crippen LogP contribution in [-0.4, -0.2) is 44.2 Å². The number of carbonyl (C=O) groups is 1. The minimum absolute atomic E-state index is 0.0676. The van der Waals surface area contributed by atoms with Gasteiger partial charge in [0.05, 0.1) is 13.2 Å². The highest BCUT2D eigenvalue weighted by Gasteiger charge is 2.23. The van der Waals surface area contributed by atoms with Crippen molar-refractivity contribution in [1.29, 1.82) is 0 Å². The van der Waals surface area contributed by atoms with Gasteiger partial charge in [0.2, 0.25) is 0 Å². The highest BCUT2D eigenvalue weighted by atomic mass is 16.5. The molecule has 1 heterocycles. The van der Waals surface area contributed by atoms with Gasteiger partial charge >= 0.3 is 0 Å². The molecule has 0 radical (unpaired) electrons. The molecule has 0 unspecified atom stereocenters. The van der Waals surface area contributed by atoms with Crippen LogP contribution in [0.15, 0.2) is 12.0 Å². The summed E-state index contributed by atoms with van der Waals surface area (Å²) in [6, 6.07) is -0.547. The van der Waals surface area contributed by atoms with Gasteiger partial charge < -0.3 is 15.8 Å². The Labute approximate surface area is 102 Å². The van der Waals surface area contributed by atoms with E-state index >= 15 is 0 Å². The van der Waals surface area contributed by atoms with E-state index in [0.717, 1.165) is 31.6 Å². The van der Waals surface area contributed by atoms with Crippen LogP contribution in [0.5, 0.6) is 0 Å². The smallest absolute Gasteiger partial charge is 0.253 e. The molecule has 1 amide bonds. The van der Waals surface area contributed by atoms with Crippen molar-refractivity contribution >= 4 is 5.91 Å². The normalized spacial score (nSPS) is 18.8. The molecular formula is C11H22N4O2. The molecule has 0 aromatic carbocycles. The topological polar surface area (TPSA) is 79.6 Å². The van der Waals surface area contributed by atoms with Gasteiger partial charge in [-0.3, -0.25) is 9.80 Å². The second-order valence-corrected chi connectivity index (χ2v) is 4.04. The summed E-state index contributed by atoms with van der Waals surface area (Å²) in [6.07, 6.45) is 4.14. The average Bonchev–Trinajstić information content (AvgIpc) is 2.38. The maximum atomic E-state index is 12.0. The summed E-state index contributed by atoms with van der Waals surface area (Å²) in [5.41, 5.74) is 9.75. The largest absolute Gasteiger partial charge is 0.503 e.